The Morgan fingerprint density at radius 1 is 1.69 bits per heavy atom. The molecule has 2 heterocycles. The zero-order chi connectivity index (χ0) is 11.7. The molecule has 2 rings (SSSR count). The van der Waals surface area contributed by atoms with Crippen molar-refractivity contribution in [2.75, 3.05) is 18.0 Å². The summed E-state index contributed by atoms with van der Waals surface area (Å²) >= 11 is 3.26. The molecule has 1 aromatic heterocycles. The van der Waals surface area contributed by atoms with Gasteiger partial charge in [0, 0.05) is 19.1 Å². The number of halogens is 1. The quantitative estimate of drug-likeness (QED) is 0.797. The lowest BCUT2D eigenvalue weighted by molar-refractivity contribution is 0.377. The van der Waals surface area contributed by atoms with Gasteiger partial charge in [-0.15, -0.1) is 0 Å². The van der Waals surface area contributed by atoms with Gasteiger partial charge < -0.3 is 15.6 Å². The van der Waals surface area contributed by atoms with Crippen molar-refractivity contribution in [2.45, 2.75) is 19.4 Å². The summed E-state index contributed by atoms with van der Waals surface area (Å²) in [5, 5.41) is 0. The van der Waals surface area contributed by atoms with Gasteiger partial charge in [0.1, 0.15) is 10.3 Å². The largest absolute Gasteiger partial charge is 0.354 e. The summed E-state index contributed by atoms with van der Waals surface area (Å²) in [5.41, 5.74) is 5.87. The van der Waals surface area contributed by atoms with E-state index in [2.05, 4.69) is 37.7 Å². The van der Waals surface area contributed by atoms with Crippen LogP contribution in [0.25, 0.3) is 0 Å². The minimum Gasteiger partial charge on any atom is -0.354 e. The summed E-state index contributed by atoms with van der Waals surface area (Å²) in [5.74, 6) is 1.21. The van der Waals surface area contributed by atoms with Crippen molar-refractivity contribution >= 4 is 21.7 Å². The maximum absolute atomic E-state index is 11.4. The molecular formula is C10H15BrN4O. The first-order valence-electron chi connectivity index (χ1n) is 5.33. The topological polar surface area (TPSA) is 75.0 Å². The van der Waals surface area contributed by atoms with E-state index in [0.717, 1.165) is 19.5 Å². The lowest BCUT2D eigenvalue weighted by Crippen LogP contribution is -2.48. The minimum atomic E-state index is -0.155. The normalized spacial score (nSPS) is 25.8. The lowest BCUT2D eigenvalue weighted by Gasteiger charge is -2.35. The molecule has 5 nitrogen and oxygen atoms in total. The number of piperidine rings is 1. The van der Waals surface area contributed by atoms with Crippen LogP contribution in [0.5, 0.6) is 0 Å². The SMILES string of the molecule is CC1CCN(c2nc[nH]c(=O)c2Br)CC1N. The summed E-state index contributed by atoms with van der Waals surface area (Å²) in [6, 6.07) is 0.140. The summed E-state index contributed by atoms with van der Waals surface area (Å²) < 4.78 is 0.483. The number of H-pyrrole nitrogens is 1. The van der Waals surface area contributed by atoms with Crippen molar-refractivity contribution in [1.82, 2.24) is 9.97 Å². The molecule has 1 saturated heterocycles. The second-order valence-electron chi connectivity index (χ2n) is 4.25. The van der Waals surface area contributed by atoms with E-state index >= 15 is 0 Å². The standard InChI is InChI=1S/C10H15BrN4O/c1-6-2-3-15(4-7(6)12)9-8(11)10(16)14-5-13-9/h5-7H,2-4,12H2,1H3,(H,13,14,16). The third-order valence-electron chi connectivity index (χ3n) is 3.09. The molecule has 3 N–H and O–H groups in total. The highest BCUT2D eigenvalue weighted by atomic mass is 79.9. The van der Waals surface area contributed by atoms with Gasteiger partial charge in [0.05, 0.1) is 6.33 Å². The molecule has 0 bridgehead atoms. The van der Waals surface area contributed by atoms with Gasteiger partial charge in [-0.1, -0.05) is 6.92 Å². The van der Waals surface area contributed by atoms with E-state index < -0.39 is 0 Å². The monoisotopic (exact) mass is 286 g/mol. The van der Waals surface area contributed by atoms with E-state index in [0.29, 0.717) is 16.2 Å². The fourth-order valence-corrected chi connectivity index (χ4v) is 2.35. The first-order chi connectivity index (χ1) is 7.59. The summed E-state index contributed by atoms with van der Waals surface area (Å²) in [7, 11) is 0. The van der Waals surface area contributed by atoms with Crippen LogP contribution in [0.3, 0.4) is 0 Å². The molecular weight excluding hydrogens is 272 g/mol. The van der Waals surface area contributed by atoms with Crippen LogP contribution in [0.2, 0.25) is 0 Å². The second kappa shape index (κ2) is 4.55. The maximum Gasteiger partial charge on any atom is 0.267 e. The van der Waals surface area contributed by atoms with Gasteiger partial charge in [-0.3, -0.25) is 4.79 Å². The number of aromatic nitrogens is 2. The number of hydrogen-bond donors (Lipinski definition) is 2. The Hall–Kier alpha value is -0.880. The molecule has 2 unspecified atom stereocenters. The van der Waals surface area contributed by atoms with Crippen molar-refractivity contribution < 1.29 is 0 Å². The van der Waals surface area contributed by atoms with Crippen molar-refractivity contribution in [3.8, 4) is 0 Å². The Kier molecular flexibility index (Phi) is 3.30. The molecule has 0 amide bonds. The van der Waals surface area contributed by atoms with Crippen molar-refractivity contribution in [3.63, 3.8) is 0 Å². The fourth-order valence-electron chi connectivity index (χ4n) is 1.89. The van der Waals surface area contributed by atoms with Crippen molar-refractivity contribution in [2.24, 2.45) is 11.7 Å². The van der Waals surface area contributed by atoms with Crippen LogP contribution < -0.4 is 16.2 Å². The van der Waals surface area contributed by atoms with Crippen LogP contribution in [0.1, 0.15) is 13.3 Å². The Balaban J connectivity index is 2.25. The summed E-state index contributed by atoms with van der Waals surface area (Å²) in [6.07, 6.45) is 2.45. The average Bonchev–Trinajstić information content (AvgIpc) is 2.26. The molecule has 88 valence electrons. The number of anilines is 1. The molecule has 1 aliphatic rings. The van der Waals surface area contributed by atoms with Gasteiger partial charge in [-0.2, -0.15) is 0 Å². The van der Waals surface area contributed by atoms with Crippen molar-refractivity contribution in [3.05, 3.63) is 21.2 Å². The van der Waals surface area contributed by atoms with E-state index in [1.54, 1.807) is 0 Å². The first kappa shape index (κ1) is 11.6. The van der Waals surface area contributed by atoms with Gasteiger partial charge in [0.25, 0.3) is 5.56 Å². The highest BCUT2D eigenvalue weighted by Crippen LogP contribution is 2.24. The van der Waals surface area contributed by atoms with Crippen LogP contribution in [0, 0.1) is 5.92 Å². The molecule has 6 heteroatoms. The first-order valence-corrected chi connectivity index (χ1v) is 6.12. The van der Waals surface area contributed by atoms with Crippen LogP contribution >= 0.6 is 15.9 Å². The molecule has 1 aromatic rings. The molecule has 1 aliphatic heterocycles. The lowest BCUT2D eigenvalue weighted by atomic mass is 9.94. The van der Waals surface area contributed by atoms with Crippen LogP contribution in [-0.4, -0.2) is 29.1 Å². The number of aromatic amines is 1. The summed E-state index contributed by atoms with van der Waals surface area (Å²) in [6.45, 7) is 3.79. The Labute approximate surface area is 102 Å². The van der Waals surface area contributed by atoms with Gasteiger partial charge in [0.15, 0.2) is 0 Å². The van der Waals surface area contributed by atoms with Crippen LogP contribution in [-0.2, 0) is 0 Å². The zero-order valence-corrected chi connectivity index (χ0v) is 10.7. The molecule has 0 spiro atoms. The average molecular weight is 287 g/mol. The highest BCUT2D eigenvalue weighted by Gasteiger charge is 2.25. The Morgan fingerprint density at radius 3 is 3.12 bits per heavy atom. The second-order valence-corrected chi connectivity index (χ2v) is 5.04. The molecule has 0 radical (unpaired) electrons. The van der Waals surface area contributed by atoms with Gasteiger partial charge in [-0.05, 0) is 28.3 Å². The smallest absolute Gasteiger partial charge is 0.267 e. The third kappa shape index (κ3) is 2.12. The van der Waals surface area contributed by atoms with Crippen LogP contribution in [0.15, 0.2) is 15.6 Å². The molecule has 2 atom stereocenters. The Morgan fingerprint density at radius 2 is 2.44 bits per heavy atom. The van der Waals surface area contributed by atoms with E-state index in [1.165, 1.54) is 6.33 Å². The number of rotatable bonds is 1. The molecule has 0 aromatic carbocycles. The fraction of sp³-hybridized carbons (Fsp3) is 0.600. The Bertz CT molecular complexity index is 433. The third-order valence-corrected chi connectivity index (χ3v) is 3.81. The molecule has 16 heavy (non-hydrogen) atoms. The van der Waals surface area contributed by atoms with E-state index in [4.69, 9.17) is 5.73 Å². The van der Waals surface area contributed by atoms with Gasteiger partial charge >= 0.3 is 0 Å². The van der Waals surface area contributed by atoms with Crippen LogP contribution in [0.4, 0.5) is 5.82 Å². The van der Waals surface area contributed by atoms with E-state index in [1.807, 2.05) is 0 Å². The molecule has 0 saturated carbocycles. The number of nitrogens with one attached hydrogen (secondary N) is 1. The molecule has 1 fully saturated rings. The van der Waals surface area contributed by atoms with Gasteiger partial charge in [-0.25, -0.2) is 4.98 Å². The van der Waals surface area contributed by atoms with E-state index in [9.17, 15) is 4.79 Å². The highest BCUT2D eigenvalue weighted by molar-refractivity contribution is 9.10. The number of nitrogens with two attached hydrogens (primary N) is 1. The predicted molar refractivity (Wildman–Crippen MR) is 66.5 cm³/mol. The molecule has 0 aliphatic carbocycles. The number of nitrogens with zero attached hydrogens (tertiary/aromatic N) is 2. The predicted octanol–water partition coefficient (Wildman–Crippen LogP) is 0.706. The number of hydrogen-bond acceptors (Lipinski definition) is 4. The minimum absolute atomic E-state index is 0.140. The maximum atomic E-state index is 11.4. The summed E-state index contributed by atoms with van der Waals surface area (Å²) in [4.78, 5) is 20.2. The zero-order valence-electron chi connectivity index (χ0n) is 9.11. The van der Waals surface area contributed by atoms with Gasteiger partial charge in [0.2, 0.25) is 0 Å². The van der Waals surface area contributed by atoms with E-state index in [-0.39, 0.29) is 11.6 Å². The van der Waals surface area contributed by atoms with Crippen molar-refractivity contribution in [1.29, 1.82) is 0 Å².